The summed E-state index contributed by atoms with van der Waals surface area (Å²) < 4.78 is 68.5. The van der Waals surface area contributed by atoms with Crippen molar-refractivity contribution < 1.29 is 36.3 Å². The second kappa shape index (κ2) is 16.9. The zero-order valence-electron chi connectivity index (χ0n) is 28.5. The number of benzene rings is 3. The maximum absolute atomic E-state index is 14.2. The summed E-state index contributed by atoms with van der Waals surface area (Å²) in [5.41, 5.74) is -0.708. The van der Waals surface area contributed by atoms with Gasteiger partial charge in [0, 0.05) is 34.9 Å². The van der Waals surface area contributed by atoms with Crippen LogP contribution in [0.1, 0.15) is 133 Å². The van der Waals surface area contributed by atoms with E-state index < -0.39 is 52.8 Å². The molecule has 0 fully saturated rings. The van der Waals surface area contributed by atoms with Gasteiger partial charge in [0.05, 0.1) is 22.9 Å². The molecule has 0 spiro atoms. The van der Waals surface area contributed by atoms with Crippen molar-refractivity contribution in [2.75, 3.05) is 17.2 Å². The largest absolute Gasteiger partial charge is 0.416 e. The normalized spacial score (nSPS) is 15.4. The molecule has 3 aromatic carbocycles. The highest BCUT2D eigenvalue weighted by molar-refractivity contribution is 6.31. The van der Waals surface area contributed by atoms with Crippen LogP contribution < -0.4 is 16.0 Å². The molecule has 2 aliphatic rings. The second-order valence-corrected chi connectivity index (χ2v) is 13.6. The number of alkyl halides is 3. The number of hydrogen-bond donors (Lipinski definition) is 3. The van der Waals surface area contributed by atoms with Crippen LogP contribution in [0.4, 0.5) is 38.1 Å². The van der Waals surface area contributed by atoms with Gasteiger partial charge in [0.25, 0.3) is 11.8 Å². The van der Waals surface area contributed by atoms with Crippen LogP contribution in [-0.4, -0.2) is 29.3 Å². The van der Waals surface area contributed by atoms with Crippen molar-refractivity contribution in [1.29, 1.82) is 0 Å². The lowest BCUT2D eigenvalue weighted by Gasteiger charge is -2.31. The maximum atomic E-state index is 14.2. The minimum atomic E-state index is -4.90. The Labute approximate surface area is 299 Å². The smallest absolute Gasteiger partial charge is 0.341 e. The van der Waals surface area contributed by atoms with E-state index in [4.69, 9.17) is 11.6 Å². The van der Waals surface area contributed by atoms with Gasteiger partial charge in [-0.05, 0) is 53.9 Å². The molecule has 1 unspecified atom stereocenters. The lowest BCUT2D eigenvalue weighted by atomic mass is 9.92. The number of nitrogens with zero attached hydrogens (tertiary/aromatic N) is 1. The van der Waals surface area contributed by atoms with E-state index >= 15 is 0 Å². The molecule has 0 aliphatic carbocycles. The first kappa shape index (κ1) is 38.1. The molecule has 51 heavy (non-hydrogen) atoms. The van der Waals surface area contributed by atoms with Crippen LogP contribution in [-0.2, 0) is 12.7 Å². The van der Waals surface area contributed by atoms with Crippen LogP contribution in [0.15, 0.2) is 42.5 Å². The Kier molecular flexibility index (Phi) is 12.6. The summed E-state index contributed by atoms with van der Waals surface area (Å²) in [5, 5.41) is 8.13. The van der Waals surface area contributed by atoms with Crippen molar-refractivity contribution in [3.8, 4) is 0 Å². The third kappa shape index (κ3) is 9.38. The Hall–Kier alpha value is -4.19. The molecule has 13 heteroatoms. The number of hydrogen-bond acceptors (Lipinski definition) is 3. The highest BCUT2D eigenvalue weighted by Gasteiger charge is 2.40. The minimum absolute atomic E-state index is 0.0271. The molecule has 3 N–H and O–H groups in total. The van der Waals surface area contributed by atoms with Gasteiger partial charge < -0.3 is 20.9 Å². The number of amides is 4. The van der Waals surface area contributed by atoms with Crippen LogP contribution in [0.5, 0.6) is 0 Å². The van der Waals surface area contributed by atoms with Gasteiger partial charge in [0.2, 0.25) is 0 Å². The van der Waals surface area contributed by atoms with Gasteiger partial charge in [-0.2, -0.15) is 13.2 Å². The zero-order chi connectivity index (χ0) is 36.7. The fourth-order valence-corrected chi connectivity index (χ4v) is 7.05. The van der Waals surface area contributed by atoms with Crippen molar-refractivity contribution >= 4 is 40.8 Å². The highest BCUT2D eigenvalue weighted by atomic mass is 35.5. The Balaban J connectivity index is 1.34. The summed E-state index contributed by atoms with van der Waals surface area (Å²) in [4.78, 5) is 41.8. The first-order chi connectivity index (χ1) is 24.4. The number of rotatable bonds is 16. The first-order valence-corrected chi connectivity index (χ1v) is 18.0. The summed E-state index contributed by atoms with van der Waals surface area (Å²) in [6.45, 7) is 2.76. The average Bonchev–Trinajstić information content (AvgIpc) is 3.42. The molecule has 2 aliphatic heterocycles. The van der Waals surface area contributed by atoms with Gasteiger partial charge in [0.1, 0.15) is 11.6 Å². The standard InChI is InChI=1S/C38H42ClF5N4O3/c1-2-3-4-5-6-7-8-9-10-11-12-13-16-48-22-24-19-30(45-35(49)23-17-25(38(42,43)44)20-27(41)18-23)31-32(33(24)47-37(48)51)36(50)46-34(31)28-15-14-26(40)21-29(28)39/h14-15,17-21,34H,2-13,16,22H2,1H3,(H,45,49)(H,46,50)(H,47,51). The predicted octanol–water partition coefficient (Wildman–Crippen LogP) is 10.8. The maximum Gasteiger partial charge on any atom is 0.416 e. The minimum Gasteiger partial charge on any atom is -0.341 e. The Morgan fingerprint density at radius 3 is 2.16 bits per heavy atom. The molecule has 0 bridgehead atoms. The number of nitrogens with one attached hydrogen (secondary N) is 3. The molecule has 0 aromatic heterocycles. The van der Waals surface area contributed by atoms with Crippen molar-refractivity contribution in [3.63, 3.8) is 0 Å². The van der Waals surface area contributed by atoms with E-state index in [-0.39, 0.29) is 45.7 Å². The number of fused-ring (bicyclic) bond motifs is 3. The lowest BCUT2D eigenvalue weighted by Crippen LogP contribution is -2.40. The van der Waals surface area contributed by atoms with Crippen molar-refractivity contribution in [2.45, 2.75) is 103 Å². The molecule has 1 atom stereocenters. The third-order valence-corrected chi connectivity index (χ3v) is 9.74. The van der Waals surface area contributed by atoms with Crippen molar-refractivity contribution in [3.05, 3.63) is 92.5 Å². The molecule has 5 rings (SSSR count). The molecule has 4 amide bonds. The number of carbonyl (C=O) groups is 3. The molecule has 0 saturated heterocycles. The SMILES string of the molecule is CCCCCCCCCCCCCCN1Cc2cc(NC(=O)c3cc(F)cc(C(F)(F)F)c3)c3c(c2NC1=O)C(=O)NC3c1ccc(F)cc1Cl. The van der Waals surface area contributed by atoms with Crippen molar-refractivity contribution in [2.24, 2.45) is 0 Å². The van der Waals surface area contributed by atoms with E-state index in [1.807, 2.05) is 0 Å². The summed E-state index contributed by atoms with van der Waals surface area (Å²) >= 11 is 6.36. The van der Waals surface area contributed by atoms with Crippen molar-refractivity contribution in [1.82, 2.24) is 10.2 Å². The quantitative estimate of drug-likeness (QED) is 0.101. The van der Waals surface area contributed by atoms with Gasteiger partial charge in [-0.25, -0.2) is 13.6 Å². The third-order valence-electron chi connectivity index (χ3n) is 9.41. The zero-order valence-corrected chi connectivity index (χ0v) is 29.2. The summed E-state index contributed by atoms with van der Waals surface area (Å²) in [6.07, 6.45) is 9.09. The summed E-state index contributed by atoms with van der Waals surface area (Å²) in [6, 6.07) is 5.17. The van der Waals surface area contributed by atoms with Crippen LogP contribution in [0.3, 0.4) is 0 Å². The topological polar surface area (TPSA) is 90.5 Å². The molecule has 274 valence electrons. The molecular weight excluding hydrogens is 691 g/mol. The monoisotopic (exact) mass is 732 g/mol. The first-order valence-electron chi connectivity index (χ1n) is 17.6. The average molecular weight is 733 g/mol. The van der Waals surface area contributed by atoms with E-state index in [0.717, 1.165) is 37.8 Å². The predicted molar refractivity (Wildman–Crippen MR) is 187 cm³/mol. The van der Waals surface area contributed by atoms with Gasteiger partial charge in [0.15, 0.2) is 0 Å². The Morgan fingerprint density at radius 2 is 1.53 bits per heavy atom. The molecule has 7 nitrogen and oxygen atoms in total. The number of anilines is 2. The van der Waals surface area contributed by atoms with Gasteiger partial charge in [-0.15, -0.1) is 0 Å². The van der Waals surface area contributed by atoms with E-state index in [1.165, 1.54) is 63.5 Å². The number of urea groups is 1. The highest BCUT2D eigenvalue weighted by Crippen LogP contribution is 2.45. The van der Waals surface area contributed by atoms with Gasteiger partial charge >= 0.3 is 12.2 Å². The fraction of sp³-hybridized carbons (Fsp3) is 0.447. The van der Waals surface area contributed by atoms with E-state index in [2.05, 4.69) is 22.9 Å². The van der Waals surface area contributed by atoms with E-state index in [0.29, 0.717) is 24.2 Å². The lowest BCUT2D eigenvalue weighted by molar-refractivity contribution is -0.137. The Morgan fingerprint density at radius 1 is 0.882 bits per heavy atom. The van der Waals surface area contributed by atoms with Gasteiger partial charge in [-0.1, -0.05) is 95.2 Å². The number of carbonyl (C=O) groups excluding carboxylic acids is 3. The van der Waals surface area contributed by atoms with Crippen LogP contribution in [0, 0.1) is 11.6 Å². The molecular formula is C38H42ClF5N4O3. The molecule has 3 aromatic rings. The van der Waals surface area contributed by atoms with E-state index in [9.17, 15) is 36.3 Å². The van der Waals surface area contributed by atoms with Crippen LogP contribution >= 0.6 is 11.6 Å². The van der Waals surface area contributed by atoms with Crippen LogP contribution in [0.25, 0.3) is 0 Å². The Bertz CT molecular complexity index is 1770. The fourth-order valence-electron chi connectivity index (χ4n) is 6.77. The number of unbranched alkanes of at least 4 members (excludes halogenated alkanes) is 11. The van der Waals surface area contributed by atoms with Crippen LogP contribution in [0.2, 0.25) is 5.02 Å². The number of halogens is 6. The van der Waals surface area contributed by atoms with E-state index in [1.54, 1.807) is 4.90 Å². The molecule has 0 radical (unpaired) electrons. The molecule has 0 saturated carbocycles. The second-order valence-electron chi connectivity index (χ2n) is 13.2. The summed E-state index contributed by atoms with van der Waals surface area (Å²) in [7, 11) is 0. The molecule has 2 heterocycles. The summed E-state index contributed by atoms with van der Waals surface area (Å²) in [5.74, 6) is -3.55. The van der Waals surface area contributed by atoms with Gasteiger partial charge in [-0.3, -0.25) is 9.59 Å².